The highest BCUT2D eigenvalue weighted by atomic mass is 16.7. The number of ether oxygens (including phenoxy) is 3. The van der Waals surface area contributed by atoms with E-state index in [0.29, 0.717) is 6.42 Å². The average Bonchev–Trinajstić information content (AvgIpc) is 2.56. The quantitative estimate of drug-likeness (QED) is 0.367. The van der Waals surface area contributed by atoms with Gasteiger partial charge in [0.2, 0.25) is 12.3 Å². The average molecular weight is 376 g/mol. The van der Waals surface area contributed by atoms with Crippen molar-refractivity contribution in [2.75, 3.05) is 6.61 Å². The van der Waals surface area contributed by atoms with Gasteiger partial charge in [0, 0.05) is 6.42 Å². The number of nitrogens with one attached hydrogen (secondary N) is 2. The lowest BCUT2D eigenvalue weighted by atomic mass is 9.96. The Balaban J connectivity index is 2.02. The molecule has 150 valence electrons. The number of hydrogen-bond donors (Lipinski definition) is 5. The molecule has 0 radical (unpaired) electrons. The lowest BCUT2D eigenvalue weighted by Crippen LogP contribution is -2.68. The first-order valence-corrected chi connectivity index (χ1v) is 8.81. The lowest BCUT2D eigenvalue weighted by Gasteiger charge is -2.47. The molecule has 2 heterocycles. The van der Waals surface area contributed by atoms with E-state index in [1.54, 1.807) is 13.8 Å². The minimum atomic E-state index is -1.40. The molecule has 0 aromatic heterocycles. The van der Waals surface area contributed by atoms with Gasteiger partial charge in [0.15, 0.2) is 6.29 Å². The minimum Gasteiger partial charge on any atom is -0.480 e. The van der Waals surface area contributed by atoms with Crippen molar-refractivity contribution < 1.29 is 39.1 Å². The minimum absolute atomic E-state index is 0.00346. The van der Waals surface area contributed by atoms with E-state index >= 15 is 0 Å². The van der Waals surface area contributed by atoms with Gasteiger partial charge in [-0.1, -0.05) is 20.8 Å². The topological polar surface area (TPSA) is 147 Å². The van der Waals surface area contributed by atoms with E-state index in [-0.39, 0.29) is 24.9 Å². The standard InChI is InChI=1S/C16H28N2O8/c1-4-5-9(19)17-11-12(20)13-8(25-15(11)23)6-24-16(26-13)18-10(7(2)3)14(21)22/h7-8,10-13,15-16,18,20,23H,4-6H2,1-3H3,(H,17,19)(H,21,22)/t8-,10+,11-,12-,13-,15?,16?/m1/s1. The molecule has 26 heavy (non-hydrogen) atoms. The monoisotopic (exact) mass is 376 g/mol. The number of aliphatic hydroxyl groups excluding tert-OH is 2. The molecule has 10 heteroatoms. The molecule has 2 aliphatic heterocycles. The molecule has 0 aromatic rings. The highest BCUT2D eigenvalue weighted by Gasteiger charge is 2.49. The zero-order valence-corrected chi connectivity index (χ0v) is 15.1. The predicted octanol–water partition coefficient (Wildman–Crippen LogP) is -1.25. The molecule has 2 rings (SSSR count). The van der Waals surface area contributed by atoms with Gasteiger partial charge in [0.05, 0.1) is 6.61 Å². The van der Waals surface area contributed by atoms with Crippen LogP contribution in [0.2, 0.25) is 0 Å². The maximum Gasteiger partial charge on any atom is 0.321 e. The number of hydrogen-bond acceptors (Lipinski definition) is 8. The third-order valence-corrected chi connectivity index (χ3v) is 4.44. The van der Waals surface area contributed by atoms with Crippen LogP contribution in [0.25, 0.3) is 0 Å². The first kappa shape index (κ1) is 21.0. The van der Waals surface area contributed by atoms with E-state index in [2.05, 4.69) is 10.6 Å². The van der Waals surface area contributed by atoms with E-state index in [0.717, 1.165) is 0 Å². The molecular weight excluding hydrogens is 348 g/mol. The molecule has 2 saturated heterocycles. The number of carboxylic acids is 1. The van der Waals surface area contributed by atoms with E-state index in [1.807, 2.05) is 6.92 Å². The van der Waals surface area contributed by atoms with Crippen LogP contribution in [0.1, 0.15) is 33.6 Å². The van der Waals surface area contributed by atoms with Gasteiger partial charge in [-0.15, -0.1) is 0 Å². The SMILES string of the molecule is CCCC(=O)N[C@H]1C(O)O[C@@H]2COC(N[C@H](C(=O)O)C(C)C)O[C@H]2[C@@H]1O. The van der Waals surface area contributed by atoms with Gasteiger partial charge in [0.1, 0.15) is 30.4 Å². The van der Waals surface area contributed by atoms with Gasteiger partial charge in [-0.05, 0) is 12.3 Å². The van der Waals surface area contributed by atoms with Crippen molar-refractivity contribution in [2.45, 2.75) is 76.7 Å². The Bertz CT molecular complexity index is 503. The fraction of sp³-hybridized carbons (Fsp3) is 0.875. The van der Waals surface area contributed by atoms with Crippen LogP contribution in [-0.2, 0) is 23.8 Å². The Morgan fingerprint density at radius 3 is 2.50 bits per heavy atom. The molecule has 1 amide bonds. The van der Waals surface area contributed by atoms with Crippen molar-refractivity contribution in [1.29, 1.82) is 0 Å². The van der Waals surface area contributed by atoms with Gasteiger partial charge < -0.3 is 34.8 Å². The summed E-state index contributed by atoms with van der Waals surface area (Å²) in [6.07, 6.45) is -4.43. The summed E-state index contributed by atoms with van der Waals surface area (Å²) in [5, 5.41) is 35.1. The van der Waals surface area contributed by atoms with Gasteiger partial charge in [-0.2, -0.15) is 0 Å². The van der Waals surface area contributed by atoms with Crippen LogP contribution < -0.4 is 10.6 Å². The van der Waals surface area contributed by atoms with Crippen molar-refractivity contribution in [2.24, 2.45) is 5.92 Å². The Kier molecular flexibility index (Phi) is 7.33. The number of aliphatic carboxylic acids is 1. The number of amides is 1. The number of carbonyl (C=O) groups excluding carboxylic acids is 1. The molecule has 0 aliphatic carbocycles. The van der Waals surface area contributed by atoms with Crippen molar-refractivity contribution in [3.8, 4) is 0 Å². The molecule has 2 unspecified atom stereocenters. The summed E-state index contributed by atoms with van der Waals surface area (Å²) in [6, 6.07) is -1.95. The molecule has 2 fully saturated rings. The van der Waals surface area contributed by atoms with Crippen molar-refractivity contribution in [1.82, 2.24) is 10.6 Å². The van der Waals surface area contributed by atoms with Crippen LogP contribution >= 0.6 is 0 Å². The Hall–Kier alpha value is -1.30. The maximum absolute atomic E-state index is 11.8. The Labute approximate surface area is 151 Å². The zero-order chi connectivity index (χ0) is 19.4. The third kappa shape index (κ3) is 4.90. The van der Waals surface area contributed by atoms with E-state index in [4.69, 9.17) is 14.2 Å². The second kappa shape index (κ2) is 9.07. The van der Waals surface area contributed by atoms with Crippen molar-refractivity contribution in [3.05, 3.63) is 0 Å². The van der Waals surface area contributed by atoms with Crippen LogP contribution in [0, 0.1) is 5.92 Å². The van der Waals surface area contributed by atoms with Crippen LogP contribution in [0.4, 0.5) is 0 Å². The molecule has 10 nitrogen and oxygen atoms in total. The fourth-order valence-corrected chi connectivity index (χ4v) is 3.03. The summed E-state index contributed by atoms with van der Waals surface area (Å²) in [5.41, 5.74) is 0. The van der Waals surface area contributed by atoms with Gasteiger partial charge in [-0.3, -0.25) is 14.9 Å². The summed E-state index contributed by atoms with van der Waals surface area (Å²) in [4.78, 5) is 23.1. The smallest absolute Gasteiger partial charge is 0.321 e. The second-order valence-corrected chi connectivity index (χ2v) is 6.89. The fourth-order valence-electron chi connectivity index (χ4n) is 3.03. The van der Waals surface area contributed by atoms with Crippen LogP contribution in [0.5, 0.6) is 0 Å². The molecule has 5 N–H and O–H groups in total. The first-order chi connectivity index (χ1) is 12.2. The Morgan fingerprint density at radius 2 is 1.92 bits per heavy atom. The first-order valence-electron chi connectivity index (χ1n) is 8.81. The maximum atomic E-state index is 11.8. The van der Waals surface area contributed by atoms with Gasteiger partial charge >= 0.3 is 5.97 Å². The van der Waals surface area contributed by atoms with E-state index in [1.165, 1.54) is 0 Å². The largest absolute Gasteiger partial charge is 0.480 e. The Morgan fingerprint density at radius 1 is 1.23 bits per heavy atom. The van der Waals surface area contributed by atoms with Crippen molar-refractivity contribution in [3.63, 3.8) is 0 Å². The molecule has 7 atom stereocenters. The highest BCUT2D eigenvalue weighted by Crippen LogP contribution is 2.27. The molecule has 0 spiro atoms. The number of carboxylic acid groups (broad SMARTS) is 1. The van der Waals surface area contributed by atoms with E-state index in [9.17, 15) is 24.9 Å². The molecule has 0 aromatic carbocycles. The third-order valence-electron chi connectivity index (χ3n) is 4.44. The molecule has 0 bridgehead atoms. The van der Waals surface area contributed by atoms with Crippen LogP contribution in [-0.4, -0.2) is 76.9 Å². The zero-order valence-electron chi connectivity index (χ0n) is 15.1. The van der Waals surface area contributed by atoms with Crippen LogP contribution in [0.3, 0.4) is 0 Å². The summed E-state index contributed by atoms with van der Waals surface area (Å²) in [7, 11) is 0. The van der Waals surface area contributed by atoms with Crippen LogP contribution in [0.15, 0.2) is 0 Å². The predicted molar refractivity (Wildman–Crippen MR) is 87.7 cm³/mol. The molecule has 0 saturated carbocycles. The van der Waals surface area contributed by atoms with Gasteiger partial charge in [-0.25, -0.2) is 0 Å². The summed E-state index contributed by atoms with van der Waals surface area (Å²) in [6.45, 7) is 5.32. The van der Waals surface area contributed by atoms with Gasteiger partial charge in [0.25, 0.3) is 0 Å². The number of rotatable bonds is 7. The highest BCUT2D eigenvalue weighted by molar-refractivity contribution is 5.76. The summed E-state index contributed by atoms with van der Waals surface area (Å²) >= 11 is 0. The van der Waals surface area contributed by atoms with Crippen molar-refractivity contribution >= 4 is 11.9 Å². The number of aliphatic hydroxyl groups is 2. The molecular formula is C16H28N2O8. The number of carbonyl (C=O) groups is 2. The number of fused-ring (bicyclic) bond motifs is 1. The van der Waals surface area contributed by atoms with E-state index < -0.39 is 49.1 Å². The lowest BCUT2D eigenvalue weighted by molar-refractivity contribution is -0.341. The summed E-state index contributed by atoms with van der Waals surface area (Å²) in [5.74, 6) is -1.58. The molecule has 2 aliphatic rings. The second-order valence-electron chi connectivity index (χ2n) is 6.89. The summed E-state index contributed by atoms with van der Waals surface area (Å²) < 4.78 is 16.4. The normalized spacial score (nSPS) is 35.6.